The molecule has 0 bridgehead atoms. The molecule has 0 aliphatic carbocycles. The number of nitrogens with two attached hydrogens (primary N) is 1. The van der Waals surface area contributed by atoms with Gasteiger partial charge in [-0.15, -0.1) is 0 Å². The van der Waals surface area contributed by atoms with E-state index in [1.807, 2.05) is 0 Å². The highest BCUT2D eigenvalue weighted by Gasteiger charge is 2.13. The molecule has 0 rings (SSSR count). The fourth-order valence-corrected chi connectivity index (χ4v) is 0.638. The second-order valence-corrected chi connectivity index (χ2v) is 3.24. The summed E-state index contributed by atoms with van der Waals surface area (Å²) >= 11 is 0. The van der Waals surface area contributed by atoms with Crippen LogP contribution in [0.2, 0.25) is 0 Å². The van der Waals surface area contributed by atoms with Crippen molar-refractivity contribution < 1.29 is 10.2 Å². The molecule has 3 heteroatoms. The van der Waals surface area contributed by atoms with E-state index in [-0.39, 0.29) is 6.54 Å². The molecule has 0 aromatic heterocycles. The summed E-state index contributed by atoms with van der Waals surface area (Å²) in [6.07, 6.45) is 0.692. The molecule has 0 saturated heterocycles. The van der Waals surface area contributed by atoms with Crippen LogP contribution in [0.1, 0.15) is 26.7 Å². The fraction of sp³-hybridized carbons (Fsp3) is 1.00. The van der Waals surface area contributed by atoms with E-state index in [1.54, 1.807) is 13.8 Å². The Labute approximate surface area is 61.9 Å². The summed E-state index contributed by atoms with van der Waals surface area (Å²) in [6, 6.07) is 0. The molecular formula is C7H17NO2. The highest BCUT2D eigenvalue weighted by Crippen LogP contribution is 2.11. The molecular weight excluding hydrogens is 130 g/mol. The first-order valence-electron chi connectivity index (χ1n) is 3.56. The topological polar surface area (TPSA) is 66.5 Å². The molecule has 0 aliphatic heterocycles. The second kappa shape index (κ2) is 3.91. The molecule has 4 N–H and O–H groups in total. The lowest BCUT2D eigenvalue weighted by atomic mass is 10.0. The van der Waals surface area contributed by atoms with Crippen LogP contribution in [0, 0.1) is 0 Å². The summed E-state index contributed by atoms with van der Waals surface area (Å²) in [4.78, 5) is 0. The summed E-state index contributed by atoms with van der Waals surface area (Å²) in [5.74, 6) is 0. The predicted molar refractivity (Wildman–Crippen MR) is 40.6 cm³/mol. The first-order chi connectivity index (χ1) is 4.45. The Bertz CT molecular complexity index is 88.1. The van der Waals surface area contributed by atoms with Gasteiger partial charge in [-0.2, -0.15) is 0 Å². The summed E-state index contributed by atoms with van der Waals surface area (Å²) in [7, 11) is 0. The lowest BCUT2D eigenvalue weighted by Crippen LogP contribution is -2.25. The summed E-state index contributed by atoms with van der Waals surface area (Å²) < 4.78 is 0. The maximum atomic E-state index is 9.21. The molecule has 0 saturated carbocycles. The third kappa shape index (κ3) is 6.01. The number of hydrogen-bond acceptors (Lipinski definition) is 3. The van der Waals surface area contributed by atoms with E-state index in [4.69, 9.17) is 10.8 Å². The standard InChI is InChI=1S/C7H17NO2/c1-7(2,10)4-3-6(9)5-8/h6,9-10H,3-5,8H2,1-2H3. The van der Waals surface area contributed by atoms with Crippen LogP contribution in [-0.4, -0.2) is 28.5 Å². The Morgan fingerprint density at radius 3 is 2.30 bits per heavy atom. The lowest BCUT2D eigenvalue weighted by molar-refractivity contribution is 0.0503. The minimum absolute atomic E-state index is 0.274. The quantitative estimate of drug-likeness (QED) is 0.518. The molecule has 0 fully saturated rings. The van der Waals surface area contributed by atoms with Gasteiger partial charge in [0.15, 0.2) is 0 Å². The third-order valence-corrected chi connectivity index (χ3v) is 1.36. The highest BCUT2D eigenvalue weighted by atomic mass is 16.3. The van der Waals surface area contributed by atoms with E-state index in [0.717, 1.165) is 0 Å². The van der Waals surface area contributed by atoms with Gasteiger partial charge in [0.2, 0.25) is 0 Å². The summed E-state index contributed by atoms with van der Waals surface area (Å²) in [5.41, 5.74) is 4.49. The van der Waals surface area contributed by atoms with Gasteiger partial charge in [-0.05, 0) is 26.7 Å². The molecule has 0 radical (unpaired) electrons. The maximum absolute atomic E-state index is 9.21. The molecule has 1 unspecified atom stereocenters. The van der Waals surface area contributed by atoms with Gasteiger partial charge in [0.1, 0.15) is 0 Å². The first-order valence-corrected chi connectivity index (χ1v) is 3.56. The number of hydrogen-bond donors (Lipinski definition) is 3. The number of aliphatic hydroxyl groups is 2. The molecule has 0 spiro atoms. The fourth-order valence-electron chi connectivity index (χ4n) is 0.638. The van der Waals surface area contributed by atoms with Gasteiger partial charge < -0.3 is 15.9 Å². The van der Waals surface area contributed by atoms with Crippen LogP contribution >= 0.6 is 0 Å². The van der Waals surface area contributed by atoms with Gasteiger partial charge in [0, 0.05) is 6.54 Å². The average Bonchev–Trinajstić information content (AvgIpc) is 1.81. The molecule has 1 atom stereocenters. The molecule has 0 aromatic rings. The Kier molecular flexibility index (Phi) is 3.86. The van der Waals surface area contributed by atoms with Crippen molar-refractivity contribution in [3.05, 3.63) is 0 Å². The molecule has 0 aliphatic rings. The SMILES string of the molecule is CC(C)(O)CCC(O)CN. The Morgan fingerprint density at radius 1 is 1.50 bits per heavy atom. The van der Waals surface area contributed by atoms with Crippen LogP contribution in [0.25, 0.3) is 0 Å². The van der Waals surface area contributed by atoms with E-state index in [2.05, 4.69) is 0 Å². The van der Waals surface area contributed by atoms with Crippen molar-refractivity contribution in [2.24, 2.45) is 5.73 Å². The monoisotopic (exact) mass is 147 g/mol. The number of aliphatic hydroxyl groups excluding tert-OH is 1. The van der Waals surface area contributed by atoms with Gasteiger partial charge in [0.25, 0.3) is 0 Å². The van der Waals surface area contributed by atoms with Crippen molar-refractivity contribution >= 4 is 0 Å². The normalized spacial score (nSPS) is 15.3. The Balaban J connectivity index is 3.36. The van der Waals surface area contributed by atoms with E-state index in [0.29, 0.717) is 12.8 Å². The minimum Gasteiger partial charge on any atom is -0.392 e. The zero-order valence-corrected chi connectivity index (χ0v) is 6.67. The van der Waals surface area contributed by atoms with Crippen LogP contribution in [0.15, 0.2) is 0 Å². The Morgan fingerprint density at radius 2 is 2.00 bits per heavy atom. The molecule has 0 amide bonds. The van der Waals surface area contributed by atoms with Crippen LogP contribution in [0.5, 0.6) is 0 Å². The summed E-state index contributed by atoms with van der Waals surface area (Å²) in [5, 5.41) is 18.2. The number of rotatable bonds is 4. The van der Waals surface area contributed by atoms with Crippen LogP contribution in [0.3, 0.4) is 0 Å². The van der Waals surface area contributed by atoms with E-state index < -0.39 is 11.7 Å². The van der Waals surface area contributed by atoms with Crippen molar-refractivity contribution in [1.29, 1.82) is 0 Å². The summed E-state index contributed by atoms with van der Waals surface area (Å²) in [6.45, 7) is 3.71. The maximum Gasteiger partial charge on any atom is 0.0663 e. The molecule has 3 nitrogen and oxygen atoms in total. The molecule has 62 valence electrons. The van der Waals surface area contributed by atoms with Gasteiger partial charge in [-0.3, -0.25) is 0 Å². The zero-order valence-electron chi connectivity index (χ0n) is 6.67. The van der Waals surface area contributed by atoms with Crippen LogP contribution in [-0.2, 0) is 0 Å². The van der Waals surface area contributed by atoms with E-state index >= 15 is 0 Å². The third-order valence-electron chi connectivity index (χ3n) is 1.36. The van der Waals surface area contributed by atoms with Gasteiger partial charge in [-0.25, -0.2) is 0 Å². The molecule has 10 heavy (non-hydrogen) atoms. The van der Waals surface area contributed by atoms with Crippen molar-refractivity contribution in [1.82, 2.24) is 0 Å². The van der Waals surface area contributed by atoms with E-state index in [1.165, 1.54) is 0 Å². The van der Waals surface area contributed by atoms with Gasteiger partial charge >= 0.3 is 0 Å². The molecule has 0 heterocycles. The van der Waals surface area contributed by atoms with Crippen LogP contribution in [0.4, 0.5) is 0 Å². The minimum atomic E-state index is -0.684. The highest BCUT2D eigenvalue weighted by molar-refractivity contribution is 4.68. The van der Waals surface area contributed by atoms with Gasteiger partial charge in [0.05, 0.1) is 11.7 Å². The lowest BCUT2D eigenvalue weighted by Gasteiger charge is -2.18. The van der Waals surface area contributed by atoms with Crippen molar-refractivity contribution in [3.8, 4) is 0 Å². The van der Waals surface area contributed by atoms with Crippen molar-refractivity contribution in [2.45, 2.75) is 38.4 Å². The van der Waals surface area contributed by atoms with Crippen molar-refractivity contribution in [2.75, 3.05) is 6.54 Å². The second-order valence-electron chi connectivity index (χ2n) is 3.24. The van der Waals surface area contributed by atoms with E-state index in [9.17, 15) is 5.11 Å². The van der Waals surface area contributed by atoms with Crippen molar-refractivity contribution in [3.63, 3.8) is 0 Å². The molecule has 0 aromatic carbocycles. The predicted octanol–water partition coefficient (Wildman–Crippen LogP) is -0.143. The zero-order chi connectivity index (χ0) is 8.20. The van der Waals surface area contributed by atoms with Crippen LogP contribution < -0.4 is 5.73 Å². The van der Waals surface area contributed by atoms with Gasteiger partial charge in [-0.1, -0.05) is 0 Å². The average molecular weight is 147 g/mol. The smallest absolute Gasteiger partial charge is 0.0663 e. The Hall–Kier alpha value is -0.120. The first kappa shape index (κ1) is 9.88. The largest absolute Gasteiger partial charge is 0.392 e.